The maximum Gasteiger partial charge on any atom is 0.268 e. The number of likely N-dealkylation sites (N-methyl/N-ethyl adjacent to an activating group) is 1. The molecule has 0 aromatic heterocycles. The molecule has 3 heterocycles. The minimum absolute atomic E-state index is 0.0246. The minimum Gasteiger partial charge on any atom is -0.481 e. The van der Waals surface area contributed by atoms with Gasteiger partial charge in [-0.05, 0) is 54.8 Å². The lowest BCUT2D eigenvalue weighted by molar-refractivity contribution is -0.129. The molecular formula is C27H30N4O5. The highest BCUT2D eigenvalue weighted by Crippen LogP contribution is 2.31. The third-order valence-corrected chi connectivity index (χ3v) is 7.04. The van der Waals surface area contributed by atoms with E-state index in [4.69, 9.17) is 4.74 Å². The monoisotopic (exact) mass is 490 g/mol. The van der Waals surface area contributed by atoms with Crippen molar-refractivity contribution in [3.63, 3.8) is 0 Å². The Morgan fingerprint density at radius 1 is 1.00 bits per heavy atom. The fraction of sp³-hybridized carbons (Fsp3) is 0.407. The van der Waals surface area contributed by atoms with E-state index in [1.165, 1.54) is 9.80 Å². The average molecular weight is 491 g/mol. The van der Waals surface area contributed by atoms with E-state index in [-0.39, 0.29) is 30.2 Å². The predicted octanol–water partition coefficient (Wildman–Crippen LogP) is 2.15. The molecule has 2 aromatic rings. The van der Waals surface area contributed by atoms with Crippen LogP contribution in [0, 0.1) is 0 Å². The number of anilines is 1. The first kappa shape index (κ1) is 23.8. The molecule has 2 fully saturated rings. The summed E-state index contributed by atoms with van der Waals surface area (Å²) in [6, 6.07) is 12.4. The first-order valence-corrected chi connectivity index (χ1v) is 12.3. The first-order chi connectivity index (χ1) is 17.3. The van der Waals surface area contributed by atoms with Crippen LogP contribution in [0.25, 0.3) is 0 Å². The number of ether oxygens (including phenoxy) is 1. The van der Waals surface area contributed by atoms with Crippen molar-refractivity contribution in [1.29, 1.82) is 0 Å². The quantitative estimate of drug-likeness (QED) is 0.619. The number of nitrogens with zero attached hydrogens (tertiary/aromatic N) is 4. The van der Waals surface area contributed by atoms with Crippen LogP contribution in [0.4, 0.5) is 5.69 Å². The third kappa shape index (κ3) is 4.53. The van der Waals surface area contributed by atoms with E-state index in [2.05, 4.69) is 0 Å². The largest absolute Gasteiger partial charge is 0.481 e. The van der Waals surface area contributed by atoms with E-state index in [1.54, 1.807) is 49.3 Å². The lowest BCUT2D eigenvalue weighted by atomic mass is 10.1. The van der Waals surface area contributed by atoms with E-state index >= 15 is 0 Å². The normalized spacial score (nSPS) is 19.2. The van der Waals surface area contributed by atoms with Gasteiger partial charge in [0, 0.05) is 63.5 Å². The molecule has 2 aromatic carbocycles. The van der Waals surface area contributed by atoms with Crippen LogP contribution in [0.15, 0.2) is 42.5 Å². The SMILES string of the molecule is CN(C)C(=O)CN1Cc2ccc(N3CCC(Oc4ccc(C(=O)N5CCCC5)cc4)C3=O)cc2C1=O. The van der Waals surface area contributed by atoms with Gasteiger partial charge in [0.2, 0.25) is 5.91 Å². The van der Waals surface area contributed by atoms with Gasteiger partial charge in [0.25, 0.3) is 17.7 Å². The Labute approximate surface area is 210 Å². The van der Waals surface area contributed by atoms with Gasteiger partial charge >= 0.3 is 0 Å². The summed E-state index contributed by atoms with van der Waals surface area (Å²) in [5, 5.41) is 0. The van der Waals surface area contributed by atoms with E-state index in [1.807, 2.05) is 17.0 Å². The number of likely N-dealkylation sites (tertiary alicyclic amines) is 1. The van der Waals surface area contributed by atoms with Crippen molar-refractivity contribution in [3.05, 3.63) is 59.2 Å². The molecule has 36 heavy (non-hydrogen) atoms. The van der Waals surface area contributed by atoms with Crippen LogP contribution >= 0.6 is 0 Å². The zero-order valence-corrected chi connectivity index (χ0v) is 20.6. The van der Waals surface area contributed by atoms with E-state index in [0.29, 0.717) is 42.1 Å². The topological polar surface area (TPSA) is 90.5 Å². The van der Waals surface area contributed by atoms with E-state index < -0.39 is 6.10 Å². The highest BCUT2D eigenvalue weighted by Gasteiger charge is 2.36. The fourth-order valence-electron chi connectivity index (χ4n) is 4.91. The van der Waals surface area contributed by atoms with Gasteiger partial charge in [0.1, 0.15) is 12.3 Å². The predicted molar refractivity (Wildman–Crippen MR) is 133 cm³/mol. The van der Waals surface area contributed by atoms with Crippen LogP contribution in [0.5, 0.6) is 5.75 Å². The molecule has 9 nitrogen and oxygen atoms in total. The Hall–Kier alpha value is -3.88. The van der Waals surface area contributed by atoms with Crippen molar-refractivity contribution < 1.29 is 23.9 Å². The number of hydrogen-bond donors (Lipinski definition) is 0. The summed E-state index contributed by atoms with van der Waals surface area (Å²) in [6.45, 7) is 2.47. The second-order valence-electron chi connectivity index (χ2n) is 9.70. The van der Waals surface area contributed by atoms with Crippen LogP contribution in [0.1, 0.15) is 45.5 Å². The minimum atomic E-state index is -0.636. The van der Waals surface area contributed by atoms with Crippen molar-refractivity contribution in [2.45, 2.75) is 31.9 Å². The molecule has 5 rings (SSSR count). The number of amides is 4. The number of hydrogen-bond acceptors (Lipinski definition) is 5. The van der Waals surface area contributed by atoms with Crippen LogP contribution in [0.2, 0.25) is 0 Å². The van der Waals surface area contributed by atoms with Gasteiger partial charge in [0.15, 0.2) is 6.10 Å². The Morgan fingerprint density at radius 2 is 1.72 bits per heavy atom. The van der Waals surface area contributed by atoms with Crippen LogP contribution < -0.4 is 9.64 Å². The molecule has 4 amide bonds. The summed E-state index contributed by atoms with van der Waals surface area (Å²) in [5.41, 5.74) is 2.63. The van der Waals surface area contributed by atoms with Crippen molar-refractivity contribution in [2.75, 3.05) is 45.2 Å². The summed E-state index contributed by atoms with van der Waals surface area (Å²) in [4.78, 5) is 57.1. The van der Waals surface area contributed by atoms with Gasteiger partial charge in [-0.15, -0.1) is 0 Å². The summed E-state index contributed by atoms with van der Waals surface area (Å²) < 4.78 is 5.96. The molecule has 0 radical (unpaired) electrons. The second-order valence-corrected chi connectivity index (χ2v) is 9.70. The van der Waals surface area contributed by atoms with Gasteiger partial charge in [0.05, 0.1) is 0 Å². The zero-order valence-electron chi connectivity index (χ0n) is 20.6. The molecule has 1 unspecified atom stereocenters. The number of carbonyl (C=O) groups is 4. The molecule has 9 heteroatoms. The highest BCUT2D eigenvalue weighted by atomic mass is 16.5. The van der Waals surface area contributed by atoms with Crippen molar-refractivity contribution in [3.8, 4) is 5.75 Å². The van der Waals surface area contributed by atoms with Gasteiger partial charge in [-0.2, -0.15) is 0 Å². The van der Waals surface area contributed by atoms with E-state index in [0.717, 1.165) is 31.5 Å². The van der Waals surface area contributed by atoms with Crippen LogP contribution in [0.3, 0.4) is 0 Å². The zero-order chi connectivity index (χ0) is 25.4. The van der Waals surface area contributed by atoms with Gasteiger partial charge in [-0.1, -0.05) is 6.07 Å². The molecule has 0 aliphatic carbocycles. The average Bonchev–Trinajstić information content (AvgIpc) is 3.60. The Balaban J connectivity index is 1.23. The first-order valence-electron chi connectivity index (χ1n) is 12.3. The summed E-state index contributed by atoms with van der Waals surface area (Å²) in [5.74, 6) is 0.0540. The van der Waals surface area contributed by atoms with E-state index in [9.17, 15) is 19.2 Å². The molecule has 2 saturated heterocycles. The fourth-order valence-corrected chi connectivity index (χ4v) is 4.91. The summed E-state index contributed by atoms with van der Waals surface area (Å²) in [6.07, 6.45) is 1.96. The molecule has 0 N–H and O–H groups in total. The Bertz CT molecular complexity index is 1200. The highest BCUT2D eigenvalue weighted by molar-refractivity contribution is 6.03. The number of fused-ring (bicyclic) bond motifs is 1. The molecular weight excluding hydrogens is 460 g/mol. The molecule has 188 valence electrons. The van der Waals surface area contributed by atoms with Crippen molar-refractivity contribution >= 4 is 29.3 Å². The Morgan fingerprint density at radius 3 is 2.42 bits per heavy atom. The van der Waals surface area contributed by atoms with Crippen LogP contribution in [-0.4, -0.2) is 84.7 Å². The summed E-state index contributed by atoms with van der Waals surface area (Å²) >= 11 is 0. The van der Waals surface area contributed by atoms with Crippen molar-refractivity contribution in [1.82, 2.24) is 14.7 Å². The van der Waals surface area contributed by atoms with Crippen molar-refractivity contribution in [2.24, 2.45) is 0 Å². The lowest BCUT2D eigenvalue weighted by Crippen LogP contribution is -2.36. The molecule has 0 spiro atoms. The van der Waals surface area contributed by atoms with Gasteiger partial charge in [-0.25, -0.2) is 0 Å². The van der Waals surface area contributed by atoms with Gasteiger partial charge < -0.3 is 24.3 Å². The number of rotatable bonds is 6. The number of benzene rings is 2. The molecule has 0 saturated carbocycles. The standard InChI is InChI=1S/C27H30N4O5/c1-28(2)24(32)17-30-16-19-5-8-20(15-22(19)26(30)34)31-14-11-23(27(31)35)36-21-9-6-18(7-10-21)25(33)29-12-3-4-13-29/h5-10,15,23H,3-4,11-14,16-17H2,1-2H3. The van der Waals surface area contributed by atoms with Gasteiger partial charge in [-0.3, -0.25) is 19.2 Å². The number of carbonyl (C=O) groups excluding carboxylic acids is 4. The molecule has 3 aliphatic heterocycles. The maximum absolute atomic E-state index is 13.1. The lowest BCUT2D eigenvalue weighted by Gasteiger charge is -2.18. The molecule has 0 bridgehead atoms. The second kappa shape index (κ2) is 9.64. The molecule has 1 atom stereocenters. The smallest absolute Gasteiger partial charge is 0.268 e. The Kier molecular flexibility index (Phi) is 6.38. The van der Waals surface area contributed by atoms with Crippen LogP contribution in [-0.2, 0) is 16.1 Å². The maximum atomic E-state index is 13.1. The summed E-state index contributed by atoms with van der Waals surface area (Å²) in [7, 11) is 3.32. The third-order valence-electron chi connectivity index (χ3n) is 7.04. The molecule has 3 aliphatic rings.